The van der Waals surface area contributed by atoms with Crippen LogP contribution in [0.3, 0.4) is 0 Å². The largest absolute Gasteiger partial charge is 0.323 e. The predicted octanol–water partition coefficient (Wildman–Crippen LogP) is 3.70. The van der Waals surface area contributed by atoms with Crippen molar-refractivity contribution in [2.45, 2.75) is 0 Å². The van der Waals surface area contributed by atoms with Gasteiger partial charge in [-0.15, -0.1) is 0 Å². The first-order valence-corrected chi connectivity index (χ1v) is 7.39. The van der Waals surface area contributed by atoms with Crippen LogP contribution in [0, 0.1) is 0 Å². The van der Waals surface area contributed by atoms with E-state index in [1.54, 1.807) is 30.3 Å². The second kappa shape index (κ2) is 5.50. The number of hydrogen-bond donors (Lipinski definition) is 1. The number of fused-ring (bicyclic) bond motifs is 1. The van der Waals surface area contributed by atoms with E-state index in [9.17, 15) is 9.59 Å². The second-order valence-corrected chi connectivity index (χ2v) is 5.85. The lowest BCUT2D eigenvalue weighted by Crippen LogP contribution is -2.42. The summed E-state index contributed by atoms with van der Waals surface area (Å²) in [6.07, 6.45) is 0. The normalized spacial score (nSPS) is 13.6. The molecule has 0 bridgehead atoms. The molecule has 1 aliphatic rings. The van der Waals surface area contributed by atoms with Gasteiger partial charge in [0, 0.05) is 10.0 Å². The molecule has 2 aromatic rings. The van der Waals surface area contributed by atoms with Crippen LogP contribution in [0.1, 0.15) is 10.4 Å². The van der Waals surface area contributed by atoms with Crippen molar-refractivity contribution in [2.24, 2.45) is 0 Å². The van der Waals surface area contributed by atoms with Crippen molar-refractivity contribution in [2.75, 3.05) is 16.8 Å². The number of para-hydroxylation sites is 2. The number of nitrogens with zero attached hydrogens (tertiary/aromatic N) is 1. The molecule has 6 heteroatoms. The van der Waals surface area contributed by atoms with E-state index in [4.69, 9.17) is 11.6 Å². The minimum absolute atomic E-state index is 0.00388. The molecule has 0 spiro atoms. The quantitative estimate of drug-likeness (QED) is 0.837. The van der Waals surface area contributed by atoms with Gasteiger partial charge in [0.2, 0.25) is 5.91 Å². The first-order valence-electron chi connectivity index (χ1n) is 6.22. The standard InChI is InChI=1S/C15H10BrClN2O2/c16-10-7-9(5-6-11(10)17)15(21)19-8-14(20)18-12-3-1-2-4-13(12)19/h1-7H,8H2,(H,18,20). The highest BCUT2D eigenvalue weighted by atomic mass is 79.9. The first-order chi connectivity index (χ1) is 10.1. The van der Waals surface area contributed by atoms with Crippen molar-refractivity contribution in [3.05, 3.63) is 57.5 Å². The molecule has 0 aliphatic carbocycles. The summed E-state index contributed by atoms with van der Waals surface area (Å²) in [6.45, 7) is -0.00388. The molecule has 3 rings (SSSR count). The molecule has 0 aromatic heterocycles. The maximum atomic E-state index is 12.7. The number of carbonyl (C=O) groups excluding carboxylic acids is 2. The highest BCUT2D eigenvalue weighted by Crippen LogP contribution is 2.31. The second-order valence-electron chi connectivity index (χ2n) is 4.59. The molecular weight excluding hydrogens is 356 g/mol. The van der Waals surface area contributed by atoms with Crippen LogP contribution in [0.4, 0.5) is 11.4 Å². The van der Waals surface area contributed by atoms with Gasteiger partial charge in [0.1, 0.15) is 6.54 Å². The molecule has 0 atom stereocenters. The summed E-state index contributed by atoms with van der Waals surface area (Å²) in [5.74, 6) is -0.454. The van der Waals surface area contributed by atoms with E-state index in [0.717, 1.165) is 0 Å². The molecule has 106 valence electrons. The van der Waals surface area contributed by atoms with Crippen molar-refractivity contribution >= 4 is 50.7 Å². The van der Waals surface area contributed by atoms with E-state index >= 15 is 0 Å². The Morgan fingerprint density at radius 1 is 1.24 bits per heavy atom. The molecule has 4 nitrogen and oxygen atoms in total. The molecular formula is C15H10BrClN2O2. The fourth-order valence-corrected chi connectivity index (χ4v) is 2.70. The van der Waals surface area contributed by atoms with Crippen LogP contribution in [0.15, 0.2) is 46.9 Å². The van der Waals surface area contributed by atoms with Crippen molar-refractivity contribution in [3.63, 3.8) is 0 Å². The molecule has 1 heterocycles. The van der Waals surface area contributed by atoms with Gasteiger partial charge in [0.25, 0.3) is 5.91 Å². The van der Waals surface area contributed by atoms with Gasteiger partial charge in [0.15, 0.2) is 0 Å². The summed E-state index contributed by atoms with van der Waals surface area (Å²) >= 11 is 9.24. The average molecular weight is 366 g/mol. The molecule has 2 aromatic carbocycles. The predicted molar refractivity (Wildman–Crippen MR) is 85.9 cm³/mol. The zero-order valence-corrected chi connectivity index (χ0v) is 13.1. The van der Waals surface area contributed by atoms with Crippen LogP contribution < -0.4 is 10.2 Å². The van der Waals surface area contributed by atoms with Crippen molar-refractivity contribution < 1.29 is 9.59 Å². The van der Waals surface area contributed by atoms with Crippen LogP contribution in [-0.4, -0.2) is 18.4 Å². The highest BCUT2D eigenvalue weighted by molar-refractivity contribution is 9.10. The van der Waals surface area contributed by atoms with E-state index < -0.39 is 0 Å². The Kier molecular flexibility index (Phi) is 3.69. The minimum atomic E-state index is -0.241. The Balaban J connectivity index is 2.01. The van der Waals surface area contributed by atoms with Gasteiger partial charge < -0.3 is 5.32 Å². The van der Waals surface area contributed by atoms with Crippen LogP contribution >= 0.6 is 27.5 Å². The molecule has 0 saturated carbocycles. The van der Waals surface area contributed by atoms with E-state index in [0.29, 0.717) is 26.4 Å². The number of hydrogen-bond acceptors (Lipinski definition) is 2. The molecule has 1 aliphatic heterocycles. The summed E-state index contributed by atoms with van der Waals surface area (Å²) in [7, 11) is 0. The van der Waals surface area contributed by atoms with Crippen molar-refractivity contribution in [3.8, 4) is 0 Å². The van der Waals surface area contributed by atoms with Gasteiger partial charge >= 0.3 is 0 Å². The highest BCUT2D eigenvalue weighted by Gasteiger charge is 2.27. The summed E-state index contributed by atoms with van der Waals surface area (Å²) in [4.78, 5) is 25.9. The molecule has 0 fully saturated rings. The summed E-state index contributed by atoms with van der Waals surface area (Å²) in [5, 5.41) is 3.28. The monoisotopic (exact) mass is 364 g/mol. The molecule has 0 saturated heterocycles. The lowest BCUT2D eigenvalue weighted by atomic mass is 10.1. The third-order valence-corrected chi connectivity index (χ3v) is 4.40. The Labute approximate surface area is 134 Å². The van der Waals surface area contributed by atoms with E-state index in [-0.39, 0.29) is 18.4 Å². The van der Waals surface area contributed by atoms with Crippen LogP contribution in [-0.2, 0) is 4.79 Å². The van der Waals surface area contributed by atoms with E-state index in [2.05, 4.69) is 21.2 Å². The lowest BCUT2D eigenvalue weighted by Gasteiger charge is -2.29. The fraction of sp³-hybridized carbons (Fsp3) is 0.0667. The zero-order valence-electron chi connectivity index (χ0n) is 10.8. The number of anilines is 2. The Morgan fingerprint density at radius 2 is 2.00 bits per heavy atom. The van der Waals surface area contributed by atoms with Crippen LogP contribution in [0.5, 0.6) is 0 Å². The summed E-state index contributed by atoms with van der Waals surface area (Å²) in [6, 6.07) is 12.2. The van der Waals surface area contributed by atoms with E-state index in [1.165, 1.54) is 4.90 Å². The van der Waals surface area contributed by atoms with Gasteiger partial charge in [-0.2, -0.15) is 0 Å². The fourth-order valence-electron chi connectivity index (χ4n) is 2.20. The first kappa shape index (κ1) is 14.1. The molecule has 2 amide bonds. The third kappa shape index (κ3) is 2.66. The molecule has 21 heavy (non-hydrogen) atoms. The van der Waals surface area contributed by atoms with Gasteiger partial charge in [0.05, 0.1) is 16.4 Å². The van der Waals surface area contributed by atoms with Crippen molar-refractivity contribution in [1.82, 2.24) is 0 Å². The third-order valence-electron chi connectivity index (χ3n) is 3.18. The number of amides is 2. The van der Waals surface area contributed by atoms with Gasteiger partial charge in [-0.05, 0) is 46.3 Å². The number of halogens is 2. The number of nitrogens with one attached hydrogen (secondary N) is 1. The maximum Gasteiger partial charge on any atom is 0.258 e. The van der Waals surface area contributed by atoms with Crippen LogP contribution in [0.2, 0.25) is 5.02 Å². The van der Waals surface area contributed by atoms with Gasteiger partial charge in [-0.3, -0.25) is 14.5 Å². The minimum Gasteiger partial charge on any atom is -0.323 e. The zero-order chi connectivity index (χ0) is 15.0. The summed E-state index contributed by atoms with van der Waals surface area (Å²) in [5.41, 5.74) is 1.79. The Hall–Kier alpha value is -1.85. The van der Waals surface area contributed by atoms with Crippen molar-refractivity contribution in [1.29, 1.82) is 0 Å². The number of carbonyl (C=O) groups is 2. The Morgan fingerprint density at radius 3 is 2.76 bits per heavy atom. The Bertz CT molecular complexity index is 748. The van der Waals surface area contributed by atoms with Gasteiger partial charge in [-0.25, -0.2) is 0 Å². The average Bonchev–Trinajstić information content (AvgIpc) is 2.48. The molecule has 0 unspecified atom stereocenters. The SMILES string of the molecule is O=C1CN(C(=O)c2ccc(Cl)c(Br)c2)c2ccccc2N1. The molecule has 0 radical (unpaired) electrons. The smallest absolute Gasteiger partial charge is 0.258 e. The molecule has 1 N–H and O–H groups in total. The topological polar surface area (TPSA) is 49.4 Å². The van der Waals surface area contributed by atoms with Gasteiger partial charge in [-0.1, -0.05) is 23.7 Å². The maximum absolute atomic E-state index is 12.7. The van der Waals surface area contributed by atoms with Crippen LogP contribution in [0.25, 0.3) is 0 Å². The number of rotatable bonds is 1. The number of benzene rings is 2. The van der Waals surface area contributed by atoms with E-state index in [1.807, 2.05) is 12.1 Å². The summed E-state index contributed by atoms with van der Waals surface area (Å²) < 4.78 is 0.643. The lowest BCUT2D eigenvalue weighted by molar-refractivity contribution is -0.115.